The van der Waals surface area contributed by atoms with Crippen LogP contribution in [0.2, 0.25) is 0 Å². The molecule has 0 saturated carbocycles. The van der Waals surface area contributed by atoms with Gasteiger partial charge in [-0.2, -0.15) is 5.26 Å². The quantitative estimate of drug-likeness (QED) is 0.554. The summed E-state index contributed by atoms with van der Waals surface area (Å²) in [5.41, 5.74) is 1.69. The highest BCUT2D eigenvalue weighted by Crippen LogP contribution is 2.37. The lowest BCUT2D eigenvalue weighted by Crippen LogP contribution is -2.31. The lowest BCUT2D eigenvalue weighted by Gasteiger charge is -2.31. The molecule has 0 radical (unpaired) electrons. The molecular formula is C23H29FN2. The molecule has 2 rings (SSSR count). The SMILES string of the molecule is CC(C)C(C#N)(CCCCN(C)Cc1ccccc1)c1ccc(F)cc1. The Kier molecular flexibility index (Phi) is 7.36. The van der Waals surface area contributed by atoms with E-state index in [9.17, 15) is 9.65 Å². The van der Waals surface area contributed by atoms with Gasteiger partial charge in [0, 0.05) is 6.54 Å². The van der Waals surface area contributed by atoms with Gasteiger partial charge >= 0.3 is 0 Å². The van der Waals surface area contributed by atoms with E-state index in [1.807, 2.05) is 6.07 Å². The van der Waals surface area contributed by atoms with Gasteiger partial charge in [-0.3, -0.25) is 0 Å². The first-order valence-corrected chi connectivity index (χ1v) is 9.37. The molecule has 1 unspecified atom stereocenters. The molecule has 138 valence electrons. The van der Waals surface area contributed by atoms with E-state index in [-0.39, 0.29) is 11.7 Å². The third-order valence-corrected chi connectivity index (χ3v) is 5.20. The third kappa shape index (κ3) is 5.16. The van der Waals surface area contributed by atoms with Crippen LogP contribution in [0.5, 0.6) is 0 Å². The molecular weight excluding hydrogens is 323 g/mol. The van der Waals surface area contributed by atoms with Crippen molar-refractivity contribution in [3.05, 3.63) is 71.5 Å². The number of nitriles is 1. The van der Waals surface area contributed by atoms with Crippen molar-refractivity contribution in [2.45, 2.75) is 45.1 Å². The number of hydrogen-bond donors (Lipinski definition) is 0. The molecule has 0 aliphatic rings. The Morgan fingerprint density at radius 2 is 1.69 bits per heavy atom. The molecule has 0 fully saturated rings. The molecule has 1 atom stereocenters. The molecule has 0 spiro atoms. The Morgan fingerprint density at radius 3 is 2.27 bits per heavy atom. The number of halogens is 1. The molecule has 2 nitrogen and oxygen atoms in total. The summed E-state index contributed by atoms with van der Waals surface area (Å²) < 4.78 is 13.3. The zero-order chi connectivity index (χ0) is 19.0. The Bertz CT molecular complexity index is 703. The van der Waals surface area contributed by atoms with Crippen LogP contribution in [0.25, 0.3) is 0 Å². The van der Waals surface area contributed by atoms with Gasteiger partial charge in [-0.25, -0.2) is 4.39 Å². The van der Waals surface area contributed by atoms with Gasteiger partial charge in [-0.15, -0.1) is 0 Å². The van der Waals surface area contributed by atoms with Crippen molar-refractivity contribution in [3.63, 3.8) is 0 Å². The van der Waals surface area contributed by atoms with Gasteiger partial charge < -0.3 is 4.90 Å². The first-order chi connectivity index (χ1) is 12.5. The predicted molar refractivity (Wildman–Crippen MR) is 105 cm³/mol. The maximum Gasteiger partial charge on any atom is 0.123 e. The van der Waals surface area contributed by atoms with E-state index < -0.39 is 5.41 Å². The second-order valence-corrected chi connectivity index (χ2v) is 7.43. The number of benzene rings is 2. The number of nitrogens with zero attached hydrogens (tertiary/aromatic N) is 2. The minimum absolute atomic E-state index is 0.181. The van der Waals surface area contributed by atoms with E-state index in [1.165, 1.54) is 17.7 Å². The molecule has 0 aromatic heterocycles. The first-order valence-electron chi connectivity index (χ1n) is 9.37. The van der Waals surface area contributed by atoms with Crippen LogP contribution in [0.15, 0.2) is 54.6 Å². The van der Waals surface area contributed by atoms with E-state index in [4.69, 9.17) is 0 Å². The van der Waals surface area contributed by atoms with Crippen LogP contribution in [-0.2, 0) is 12.0 Å². The molecule has 26 heavy (non-hydrogen) atoms. The molecule has 0 amide bonds. The van der Waals surface area contributed by atoms with Crippen LogP contribution in [0, 0.1) is 23.1 Å². The molecule has 0 N–H and O–H groups in total. The molecule has 0 aliphatic carbocycles. The van der Waals surface area contributed by atoms with Gasteiger partial charge in [0.25, 0.3) is 0 Å². The van der Waals surface area contributed by atoms with E-state index in [2.05, 4.69) is 56.1 Å². The maximum absolute atomic E-state index is 13.3. The molecule has 2 aromatic rings. The second kappa shape index (κ2) is 9.50. The maximum atomic E-state index is 13.3. The zero-order valence-corrected chi connectivity index (χ0v) is 16.1. The topological polar surface area (TPSA) is 27.0 Å². The lowest BCUT2D eigenvalue weighted by molar-refractivity contribution is 0.299. The fourth-order valence-electron chi connectivity index (χ4n) is 3.52. The molecule has 0 saturated heterocycles. The number of hydrogen-bond acceptors (Lipinski definition) is 2. The Labute approximate surface area is 157 Å². The molecule has 2 aromatic carbocycles. The summed E-state index contributed by atoms with van der Waals surface area (Å²) in [6.07, 6.45) is 2.81. The van der Waals surface area contributed by atoms with Crippen molar-refractivity contribution < 1.29 is 4.39 Å². The van der Waals surface area contributed by atoms with Crippen molar-refractivity contribution in [2.75, 3.05) is 13.6 Å². The van der Waals surface area contributed by atoms with Gasteiger partial charge in [0.05, 0.1) is 11.5 Å². The van der Waals surface area contributed by atoms with Crippen molar-refractivity contribution >= 4 is 0 Å². The summed E-state index contributed by atoms with van der Waals surface area (Å²) in [5.74, 6) is -0.0770. The Balaban J connectivity index is 1.91. The standard InChI is InChI=1S/C23H29FN2/c1-19(2)23(18-25,21-11-13-22(24)14-12-21)15-7-8-16-26(3)17-20-9-5-4-6-10-20/h4-6,9-14,19H,7-8,15-17H2,1-3H3. The average molecular weight is 352 g/mol. The molecule has 0 aliphatic heterocycles. The van der Waals surface area contributed by atoms with Crippen molar-refractivity contribution in [2.24, 2.45) is 5.92 Å². The van der Waals surface area contributed by atoms with Gasteiger partial charge in [-0.05, 0) is 55.6 Å². The van der Waals surface area contributed by atoms with E-state index in [0.717, 1.165) is 37.9 Å². The number of rotatable bonds is 9. The summed E-state index contributed by atoms with van der Waals surface area (Å²) in [6, 6.07) is 19.4. The summed E-state index contributed by atoms with van der Waals surface area (Å²) >= 11 is 0. The van der Waals surface area contributed by atoms with Crippen LogP contribution in [-0.4, -0.2) is 18.5 Å². The highest BCUT2D eigenvalue weighted by Gasteiger charge is 2.35. The minimum Gasteiger partial charge on any atom is -0.302 e. The number of unbranched alkanes of at least 4 members (excludes halogenated alkanes) is 1. The predicted octanol–water partition coefficient (Wildman–Crippen LogP) is 5.55. The smallest absolute Gasteiger partial charge is 0.123 e. The van der Waals surface area contributed by atoms with E-state index in [0.29, 0.717) is 0 Å². The van der Waals surface area contributed by atoms with E-state index in [1.54, 1.807) is 12.1 Å². The summed E-state index contributed by atoms with van der Waals surface area (Å²) in [5, 5.41) is 9.92. The largest absolute Gasteiger partial charge is 0.302 e. The summed E-state index contributed by atoms with van der Waals surface area (Å²) in [4.78, 5) is 2.32. The summed E-state index contributed by atoms with van der Waals surface area (Å²) in [6.45, 7) is 6.09. The Morgan fingerprint density at radius 1 is 1.04 bits per heavy atom. The van der Waals surface area contributed by atoms with Crippen LogP contribution in [0.1, 0.15) is 44.2 Å². The molecule has 0 heterocycles. The normalized spacial score (nSPS) is 13.6. The molecule has 3 heteroatoms. The average Bonchev–Trinajstić information content (AvgIpc) is 2.63. The first kappa shape index (κ1) is 20.1. The fraction of sp³-hybridized carbons (Fsp3) is 0.435. The summed E-state index contributed by atoms with van der Waals surface area (Å²) in [7, 11) is 2.13. The third-order valence-electron chi connectivity index (χ3n) is 5.20. The minimum atomic E-state index is -0.550. The monoisotopic (exact) mass is 352 g/mol. The zero-order valence-electron chi connectivity index (χ0n) is 16.1. The van der Waals surface area contributed by atoms with Gasteiger partial charge in [0.2, 0.25) is 0 Å². The van der Waals surface area contributed by atoms with E-state index >= 15 is 0 Å². The second-order valence-electron chi connectivity index (χ2n) is 7.43. The highest BCUT2D eigenvalue weighted by atomic mass is 19.1. The van der Waals surface area contributed by atoms with Crippen LogP contribution in [0.4, 0.5) is 4.39 Å². The van der Waals surface area contributed by atoms with Crippen LogP contribution in [0.3, 0.4) is 0 Å². The van der Waals surface area contributed by atoms with Gasteiger partial charge in [0.15, 0.2) is 0 Å². The van der Waals surface area contributed by atoms with Gasteiger partial charge in [-0.1, -0.05) is 62.7 Å². The van der Waals surface area contributed by atoms with Crippen LogP contribution >= 0.6 is 0 Å². The Hall–Kier alpha value is -2.18. The van der Waals surface area contributed by atoms with Gasteiger partial charge in [0.1, 0.15) is 5.82 Å². The molecule has 0 bridgehead atoms. The lowest BCUT2D eigenvalue weighted by atomic mass is 9.69. The highest BCUT2D eigenvalue weighted by molar-refractivity contribution is 5.33. The fourth-order valence-corrected chi connectivity index (χ4v) is 3.52. The van der Waals surface area contributed by atoms with Crippen molar-refractivity contribution in [1.82, 2.24) is 4.90 Å². The van der Waals surface area contributed by atoms with Crippen molar-refractivity contribution in [1.29, 1.82) is 5.26 Å². The van der Waals surface area contributed by atoms with Crippen LogP contribution < -0.4 is 0 Å². The van der Waals surface area contributed by atoms with Crippen molar-refractivity contribution in [3.8, 4) is 6.07 Å².